The van der Waals surface area contributed by atoms with Crippen molar-refractivity contribution in [1.82, 2.24) is 10.3 Å². The average Bonchev–Trinajstić information content (AvgIpc) is 3.28. The van der Waals surface area contributed by atoms with Crippen molar-refractivity contribution in [3.8, 4) is 23.0 Å². The molecule has 0 radical (unpaired) electrons. The molecule has 3 aromatic carbocycles. The molecule has 0 saturated heterocycles. The molecule has 4 rings (SSSR count). The third-order valence-electron chi connectivity index (χ3n) is 5.42. The van der Waals surface area contributed by atoms with E-state index in [1.807, 2.05) is 24.3 Å². The van der Waals surface area contributed by atoms with Crippen LogP contribution >= 0.6 is 23.8 Å². The minimum atomic E-state index is -0.482. The van der Waals surface area contributed by atoms with Gasteiger partial charge in [0.05, 0.1) is 24.9 Å². The first-order chi connectivity index (χ1) is 16.8. The van der Waals surface area contributed by atoms with E-state index >= 15 is 0 Å². The van der Waals surface area contributed by atoms with Gasteiger partial charge in [-0.3, -0.25) is 10.1 Å². The van der Waals surface area contributed by atoms with E-state index in [1.54, 1.807) is 30.3 Å². The van der Waals surface area contributed by atoms with Gasteiger partial charge in [0.1, 0.15) is 22.6 Å². The average molecular weight is 510 g/mol. The van der Waals surface area contributed by atoms with E-state index < -0.39 is 5.91 Å². The molecule has 7 nitrogen and oxygen atoms in total. The molecule has 180 valence electrons. The Kier molecular flexibility index (Phi) is 7.23. The molecule has 9 heteroatoms. The summed E-state index contributed by atoms with van der Waals surface area (Å²) in [4.78, 5) is 17.5. The van der Waals surface area contributed by atoms with Crippen molar-refractivity contribution in [1.29, 1.82) is 0 Å². The van der Waals surface area contributed by atoms with Crippen molar-refractivity contribution < 1.29 is 18.7 Å². The van der Waals surface area contributed by atoms with E-state index in [0.717, 1.165) is 5.52 Å². The Morgan fingerprint density at radius 3 is 2.43 bits per heavy atom. The highest BCUT2D eigenvalue weighted by molar-refractivity contribution is 7.80. The fourth-order valence-corrected chi connectivity index (χ4v) is 3.94. The molecule has 0 saturated carbocycles. The molecule has 0 aliphatic carbocycles. The molecule has 0 atom stereocenters. The first-order valence-electron chi connectivity index (χ1n) is 10.8. The molecule has 1 heterocycles. The lowest BCUT2D eigenvalue weighted by atomic mass is 10.0. The number of rotatable bonds is 6. The number of carbonyl (C=O) groups is 1. The number of nitrogens with zero attached hydrogens (tertiary/aromatic N) is 1. The third kappa shape index (κ3) is 5.23. The van der Waals surface area contributed by atoms with Crippen molar-refractivity contribution in [3.63, 3.8) is 0 Å². The zero-order valence-corrected chi connectivity index (χ0v) is 21.2. The Morgan fingerprint density at radius 2 is 1.77 bits per heavy atom. The molecule has 0 bridgehead atoms. The predicted octanol–water partition coefficient (Wildman–Crippen LogP) is 6.42. The van der Waals surface area contributed by atoms with Gasteiger partial charge in [-0.1, -0.05) is 37.6 Å². The SMILES string of the molecule is COc1cccc(OC)c1C(=O)NC(=S)Nc1cc(-c2nc3cc(C(C)C)ccc3o2)ccc1Cl. The second-order valence-corrected chi connectivity index (χ2v) is 8.86. The van der Waals surface area contributed by atoms with E-state index in [0.29, 0.717) is 45.2 Å². The quantitative estimate of drug-likeness (QED) is 0.290. The molecule has 0 spiro atoms. The van der Waals surface area contributed by atoms with Crippen LogP contribution < -0.4 is 20.1 Å². The Morgan fingerprint density at radius 1 is 1.06 bits per heavy atom. The van der Waals surface area contributed by atoms with Crippen LogP contribution in [-0.2, 0) is 0 Å². The summed E-state index contributed by atoms with van der Waals surface area (Å²) < 4.78 is 16.5. The number of ether oxygens (including phenoxy) is 2. The van der Waals surface area contributed by atoms with Crippen LogP contribution in [0.3, 0.4) is 0 Å². The highest BCUT2D eigenvalue weighted by atomic mass is 35.5. The van der Waals surface area contributed by atoms with Crippen LogP contribution in [0.25, 0.3) is 22.6 Å². The van der Waals surface area contributed by atoms with Gasteiger partial charge in [-0.2, -0.15) is 0 Å². The normalized spacial score (nSPS) is 10.9. The van der Waals surface area contributed by atoms with Crippen LogP contribution in [0.5, 0.6) is 11.5 Å². The minimum absolute atomic E-state index is 0.0566. The van der Waals surface area contributed by atoms with E-state index in [4.69, 9.17) is 37.7 Å². The maximum absolute atomic E-state index is 12.9. The summed E-state index contributed by atoms with van der Waals surface area (Å²) in [6.07, 6.45) is 0. The van der Waals surface area contributed by atoms with Crippen molar-refractivity contribution in [3.05, 3.63) is 70.7 Å². The molecule has 0 aliphatic rings. The van der Waals surface area contributed by atoms with Gasteiger partial charge in [-0.05, 0) is 66.2 Å². The van der Waals surface area contributed by atoms with Crippen LogP contribution in [0.15, 0.2) is 59.0 Å². The maximum atomic E-state index is 12.9. The molecule has 0 unspecified atom stereocenters. The molecule has 2 N–H and O–H groups in total. The fraction of sp³-hybridized carbons (Fsp3) is 0.192. The predicted molar refractivity (Wildman–Crippen MR) is 142 cm³/mol. The van der Waals surface area contributed by atoms with Gasteiger partial charge in [0.15, 0.2) is 10.7 Å². The second-order valence-electron chi connectivity index (χ2n) is 8.04. The van der Waals surface area contributed by atoms with Gasteiger partial charge in [0, 0.05) is 5.56 Å². The Labute approximate surface area is 213 Å². The number of anilines is 1. The minimum Gasteiger partial charge on any atom is -0.496 e. The van der Waals surface area contributed by atoms with Gasteiger partial charge >= 0.3 is 0 Å². The number of benzene rings is 3. The largest absolute Gasteiger partial charge is 0.496 e. The summed E-state index contributed by atoms with van der Waals surface area (Å²) in [5.74, 6) is 1.08. The summed E-state index contributed by atoms with van der Waals surface area (Å²) in [6.45, 7) is 4.26. The molecule has 1 amide bonds. The zero-order chi connectivity index (χ0) is 25.1. The van der Waals surface area contributed by atoms with Gasteiger partial charge < -0.3 is 19.2 Å². The maximum Gasteiger partial charge on any atom is 0.264 e. The molecule has 0 aliphatic heterocycles. The lowest BCUT2D eigenvalue weighted by Gasteiger charge is -2.15. The zero-order valence-electron chi connectivity index (χ0n) is 19.6. The van der Waals surface area contributed by atoms with Gasteiger partial charge in [-0.15, -0.1) is 0 Å². The van der Waals surface area contributed by atoms with E-state index in [2.05, 4.69) is 29.5 Å². The van der Waals surface area contributed by atoms with Crippen molar-refractivity contribution in [2.75, 3.05) is 19.5 Å². The summed E-state index contributed by atoms with van der Waals surface area (Å²) >= 11 is 11.7. The molecule has 4 aromatic rings. The summed E-state index contributed by atoms with van der Waals surface area (Å²) in [7, 11) is 2.95. The standard InChI is InChI=1S/C26H24ClN3O4S/c1-14(2)15-9-11-20-19(12-15)28-25(34-20)16-8-10-17(27)18(13-16)29-26(35)30-24(31)23-21(32-3)6-5-7-22(23)33-4/h5-14H,1-4H3,(H2,29,30,31,35). The number of methoxy groups -OCH3 is 2. The van der Waals surface area contributed by atoms with E-state index in [-0.39, 0.29) is 10.7 Å². The molecular formula is C26H24ClN3O4S. The number of halogens is 1. The van der Waals surface area contributed by atoms with E-state index in [9.17, 15) is 4.79 Å². The number of fused-ring (bicyclic) bond motifs is 1. The smallest absolute Gasteiger partial charge is 0.264 e. The Balaban J connectivity index is 1.56. The second kappa shape index (κ2) is 10.3. The number of thiocarbonyl (C=S) groups is 1. The number of amides is 1. The topological polar surface area (TPSA) is 85.6 Å². The van der Waals surface area contributed by atoms with Crippen molar-refractivity contribution in [2.24, 2.45) is 0 Å². The lowest BCUT2D eigenvalue weighted by molar-refractivity contribution is 0.0971. The van der Waals surface area contributed by atoms with Gasteiger partial charge in [0.2, 0.25) is 5.89 Å². The van der Waals surface area contributed by atoms with Crippen LogP contribution in [-0.4, -0.2) is 30.2 Å². The third-order valence-corrected chi connectivity index (χ3v) is 5.96. The number of aromatic nitrogens is 1. The van der Waals surface area contributed by atoms with E-state index in [1.165, 1.54) is 19.8 Å². The first-order valence-corrected chi connectivity index (χ1v) is 11.6. The highest BCUT2D eigenvalue weighted by Gasteiger charge is 2.20. The van der Waals surface area contributed by atoms with Crippen molar-refractivity contribution >= 4 is 51.6 Å². The number of hydrogen-bond donors (Lipinski definition) is 2. The molecular weight excluding hydrogens is 486 g/mol. The molecule has 35 heavy (non-hydrogen) atoms. The fourth-order valence-electron chi connectivity index (χ4n) is 3.58. The van der Waals surface area contributed by atoms with Crippen LogP contribution in [0.4, 0.5) is 5.69 Å². The number of carbonyl (C=O) groups excluding carboxylic acids is 1. The van der Waals surface area contributed by atoms with Crippen molar-refractivity contribution in [2.45, 2.75) is 19.8 Å². The Bertz CT molecular complexity index is 1390. The monoisotopic (exact) mass is 509 g/mol. The Hall–Kier alpha value is -3.62. The first kappa shape index (κ1) is 24.5. The molecule has 1 aromatic heterocycles. The van der Waals surface area contributed by atoms with Crippen LogP contribution in [0, 0.1) is 0 Å². The summed E-state index contributed by atoms with van der Waals surface area (Å²) in [5.41, 5.74) is 4.09. The number of oxazole rings is 1. The van der Waals surface area contributed by atoms with Gasteiger partial charge in [-0.25, -0.2) is 4.98 Å². The summed E-state index contributed by atoms with van der Waals surface area (Å²) in [6, 6.07) is 16.3. The number of hydrogen-bond acceptors (Lipinski definition) is 6. The van der Waals surface area contributed by atoms with Crippen LogP contribution in [0.1, 0.15) is 35.7 Å². The number of nitrogens with one attached hydrogen (secondary N) is 2. The molecule has 0 fully saturated rings. The summed E-state index contributed by atoms with van der Waals surface area (Å²) in [5, 5.41) is 6.08. The highest BCUT2D eigenvalue weighted by Crippen LogP contribution is 2.32. The van der Waals surface area contributed by atoms with Gasteiger partial charge in [0.25, 0.3) is 5.91 Å². The lowest BCUT2D eigenvalue weighted by Crippen LogP contribution is -2.34. The van der Waals surface area contributed by atoms with Crippen LogP contribution in [0.2, 0.25) is 5.02 Å².